The van der Waals surface area contributed by atoms with E-state index in [-0.39, 0.29) is 5.56 Å². The molecule has 1 fully saturated rings. The molecule has 0 spiro atoms. The fourth-order valence-electron chi connectivity index (χ4n) is 3.34. The van der Waals surface area contributed by atoms with Gasteiger partial charge in [0.05, 0.1) is 11.6 Å². The third-order valence-electron chi connectivity index (χ3n) is 4.59. The van der Waals surface area contributed by atoms with Crippen molar-refractivity contribution in [3.05, 3.63) is 34.9 Å². The van der Waals surface area contributed by atoms with E-state index in [1.54, 1.807) is 19.1 Å². The van der Waals surface area contributed by atoms with E-state index < -0.39 is 23.3 Å². The SMILES string of the molecule is CCOC1(C(N)c2ccc(C)c(F)c2F)CCCCCC1. The second kappa shape index (κ2) is 6.84. The number of aryl methyl sites for hydroxylation is 1. The summed E-state index contributed by atoms with van der Waals surface area (Å²) in [6.07, 6.45) is 5.93. The maximum atomic E-state index is 14.3. The number of hydrogen-bond donors (Lipinski definition) is 1. The number of hydrogen-bond acceptors (Lipinski definition) is 2. The van der Waals surface area contributed by atoms with Crippen molar-refractivity contribution in [2.45, 2.75) is 64.0 Å². The van der Waals surface area contributed by atoms with Crippen LogP contribution >= 0.6 is 0 Å². The van der Waals surface area contributed by atoms with E-state index in [4.69, 9.17) is 10.5 Å². The Morgan fingerprint density at radius 2 is 1.76 bits per heavy atom. The summed E-state index contributed by atoms with van der Waals surface area (Å²) in [6.45, 7) is 4.01. The Morgan fingerprint density at radius 3 is 2.33 bits per heavy atom. The number of rotatable bonds is 4. The summed E-state index contributed by atoms with van der Waals surface area (Å²) in [7, 11) is 0. The van der Waals surface area contributed by atoms with Crippen molar-refractivity contribution in [1.82, 2.24) is 0 Å². The molecule has 0 bridgehead atoms. The molecule has 0 aliphatic heterocycles. The third kappa shape index (κ3) is 3.27. The highest BCUT2D eigenvalue weighted by atomic mass is 19.2. The molecule has 0 aromatic heterocycles. The van der Waals surface area contributed by atoms with Crippen molar-refractivity contribution in [2.24, 2.45) is 5.73 Å². The Labute approximate surface area is 125 Å². The minimum absolute atomic E-state index is 0.230. The maximum absolute atomic E-state index is 14.3. The van der Waals surface area contributed by atoms with E-state index in [0.717, 1.165) is 38.5 Å². The molecule has 1 aromatic carbocycles. The summed E-state index contributed by atoms with van der Waals surface area (Å²) in [4.78, 5) is 0. The average molecular weight is 297 g/mol. The molecule has 0 saturated heterocycles. The molecule has 2 N–H and O–H groups in total. The first-order chi connectivity index (χ1) is 10.0. The Bertz CT molecular complexity index is 482. The van der Waals surface area contributed by atoms with Crippen LogP contribution in [0.5, 0.6) is 0 Å². The summed E-state index contributed by atoms with van der Waals surface area (Å²) < 4.78 is 34.1. The summed E-state index contributed by atoms with van der Waals surface area (Å²) >= 11 is 0. The molecule has 1 atom stereocenters. The van der Waals surface area contributed by atoms with Gasteiger partial charge in [0.2, 0.25) is 0 Å². The summed E-state index contributed by atoms with van der Waals surface area (Å²) in [5.74, 6) is -1.63. The monoisotopic (exact) mass is 297 g/mol. The lowest BCUT2D eigenvalue weighted by molar-refractivity contribution is -0.0703. The molecule has 1 saturated carbocycles. The van der Waals surface area contributed by atoms with Gasteiger partial charge in [-0.05, 0) is 32.3 Å². The Balaban J connectivity index is 2.38. The first-order valence-corrected chi connectivity index (χ1v) is 7.86. The van der Waals surface area contributed by atoms with Crippen LogP contribution in [0.3, 0.4) is 0 Å². The smallest absolute Gasteiger partial charge is 0.163 e. The minimum atomic E-state index is -0.828. The molecule has 2 nitrogen and oxygen atoms in total. The van der Waals surface area contributed by atoms with E-state index in [9.17, 15) is 8.78 Å². The second-order valence-corrected chi connectivity index (χ2v) is 5.99. The van der Waals surface area contributed by atoms with Crippen LogP contribution in [0.15, 0.2) is 12.1 Å². The number of ether oxygens (including phenoxy) is 1. The molecule has 1 aliphatic carbocycles. The molecule has 1 unspecified atom stereocenters. The van der Waals surface area contributed by atoms with Crippen molar-refractivity contribution < 1.29 is 13.5 Å². The lowest BCUT2D eigenvalue weighted by Gasteiger charge is -2.38. The van der Waals surface area contributed by atoms with Gasteiger partial charge >= 0.3 is 0 Å². The van der Waals surface area contributed by atoms with Gasteiger partial charge in [0.25, 0.3) is 0 Å². The predicted octanol–water partition coefficient (Wildman–Crippen LogP) is 4.40. The first kappa shape index (κ1) is 16.4. The topological polar surface area (TPSA) is 35.2 Å². The van der Waals surface area contributed by atoms with Crippen molar-refractivity contribution in [3.63, 3.8) is 0 Å². The molecule has 1 aromatic rings. The van der Waals surface area contributed by atoms with E-state index in [1.165, 1.54) is 0 Å². The first-order valence-electron chi connectivity index (χ1n) is 7.86. The maximum Gasteiger partial charge on any atom is 0.163 e. The highest BCUT2D eigenvalue weighted by molar-refractivity contribution is 5.29. The van der Waals surface area contributed by atoms with Gasteiger partial charge in [-0.2, -0.15) is 0 Å². The highest BCUT2D eigenvalue weighted by Crippen LogP contribution is 2.40. The molecule has 0 radical (unpaired) electrons. The van der Waals surface area contributed by atoms with Crippen LogP contribution in [0.25, 0.3) is 0 Å². The van der Waals surface area contributed by atoms with Crippen LogP contribution in [-0.4, -0.2) is 12.2 Å². The van der Waals surface area contributed by atoms with Gasteiger partial charge in [0.15, 0.2) is 11.6 Å². The number of halogens is 2. The van der Waals surface area contributed by atoms with Gasteiger partial charge in [0.1, 0.15) is 0 Å². The fraction of sp³-hybridized carbons (Fsp3) is 0.647. The van der Waals surface area contributed by atoms with Crippen LogP contribution < -0.4 is 5.73 Å². The molecule has 21 heavy (non-hydrogen) atoms. The third-order valence-corrected chi connectivity index (χ3v) is 4.59. The molecule has 2 rings (SSSR count). The van der Waals surface area contributed by atoms with Crippen molar-refractivity contribution in [3.8, 4) is 0 Å². The standard InChI is InChI=1S/C17H25F2NO/c1-3-21-17(10-6-4-5-7-11-17)16(20)13-9-8-12(2)14(18)15(13)19/h8-9,16H,3-7,10-11,20H2,1-2H3. The number of nitrogens with two attached hydrogens (primary N) is 1. The minimum Gasteiger partial charge on any atom is -0.373 e. The summed E-state index contributed by atoms with van der Waals surface area (Å²) in [6, 6.07) is 2.55. The molecule has 0 amide bonds. The predicted molar refractivity (Wildman–Crippen MR) is 80.1 cm³/mol. The van der Waals surface area contributed by atoms with Gasteiger partial charge in [-0.25, -0.2) is 8.78 Å². The lowest BCUT2D eigenvalue weighted by Crippen LogP contribution is -2.44. The van der Waals surface area contributed by atoms with Crippen molar-refractivity contribution in [2.75, 3.05) is 6.61 Å². The largest absolute Gasteiger partial charge is 0.373 e. The molecule has 0 heterocycles. The highest BCUT2D eigenvalue weighted by Gasteiger charge is 2.40. The molecule has 118 valence electrons. The number of benzene rings is 1. The van der Waals surface area contributed by atoms with Crippen LogP contribution in [0.2, 0.25) is 0 Å². The zero-order chi connectivity index (χ0) is 15.5. The zero-order valence-electron chi connectivity index (χ0n) is 12.9. The van der Waals surface area contributed by atoms with Crippen LogP contribution in [0.1, 0.15) is 62.6 Å². The van der Waals surface area contributed by atoms with Gasteiger partial charge in [-0.15, -0.1) is 0 Å². The van der Waals surface area contributed by atoms with E-state index in [1.807, 2.05) is 6.92 Å². The fourth-order valence-corrected chi connectivity index (χ4v) is 3.34. The van der Waals surface area contributed by atoms with E-state index in [0.29, 0.717) is 12.2 Å². The van der Waals surface area contributed by atoms with Crippen molar-refractivity contribution in [1.29, 1.82) is 0 Å². The van der Waals surface area contributed by atoms with E-state index in [2.05, 4.69) is 0 Å². The second-order valence-electron chi connectivity index (χ2n) is 5.99. The summed E-state index contributed by atoms with van der Waals surface area (Å²) in [5, 5.41) is 0. The molecular weight excluding hydrogens is 272 g/mol. The Hall–Kier alpha value is -1.00. The summed E-state index contributed by atoms with van der Waals surface area (Å²) in [5.41, 5.74) is 6.30. The Morgan fingerprint density at radius 1 is 1.14 bits per heavy atom. The van der Waals surface area contributed by atoms with Crippen LogP contribution in [-0.2, 0) is 4.74 Å². The molecule has 1 aliphatic rings. The van der Waals surface area contributed by atoms with Gasteiger partial charge in [-0.1, -0.05) is 37.8 Å². The van der Waals surface area contributed by atoms with Gasteiger partial charge < -0.3 is 10.5 Å². The molecular formula is C17H25F2NO. The van der Waals surface area contributed by atoms with Gasteiger partial charge in [0, 0.05) is 12.2 Å². The van der Waals surface area contributed by atoms with Crippen LogP contribution in [0, 0.1) is 18.6 Å². The van der Waals surface area contributed by atoms with E-state index >= 15 is 0 Å². The average Bonchev–Trinajstić information content (AvgIpc) is 2.71. The van der Waals surface area contributed by atoms with Gasteiger partial charge in [-0.3, -0.25) is 0 Å². The Kier molecular flexibility index (Phi) is 5.33. The quantitative estimate of drug-likeness (QED) is 0.836. The van der Waals surface area contributed by atoms with Crippen LogP contribution in [0.4, 0.5) is 8.78 Å². The molecule has 4 heteroatoms. The lowest BCUT2D eigenvalue weighted by atomic mass is 9.82. The normalized spacial score (nSPS) is 20.0. The van der Waals surface area contributed by atoms with Crippen molar-refractivity contribution >= 4 is 0 Å². The zero-order valence-corrected chi connectivity index (χ0v) is 12.9.